The molecule has 6 unspecified atom stereocenters. The first-order valence-corrected chi connectivity index (χ1v) is 13.5. The second-order valence-electron chi connectivity index (χ2n) is 8.56. The molecule has 0 saturated carbocycles. The van der Waals surface area contributed by atoms with Gasteiger partial charge in [-0.2, -0.15) is 0 Å². The molecule has 1 aromatic rings. The van der Waals surface area contributed by atoms with Gasteiger partial charge in [0.05, 0.1) is 11.6 Å². The van der Waals surface area contributed by atoms with Crippen LogP contribution in [0, 0.1) is 0 Å². The minimum atomic E-state index is -2.16. The molecule has 16 heteroatoms. The number of alkyl halides is 1. The van der Waals surface area contributed by atoms with Crippen molar-refractivity contribution in [1.82, 2.24) is 15.3 Å². The van der Waals surface area contributed by atoms with Crippen LogP contribution in [0.1, 0.15) is 27.7 Å². The van der Waals surface area contributed by atoms with Crippen LogP contribution in [0.15, 0.2) is 42.0 Å². The van der Waals surface area contributed by atoms with E-state index in [1.54, 1.807) is 32.9 Å². The van der Waals surface area contributed by atoms with Crippen molar-refractivity contribution in [3.8, 4) is 5.75 Å². The molecular formula is C23H32B3FN3O7PS. The maximum Gasteiger partial charge on any atom is 0.323 e. The van der Waals surface area contributed by atoms with Crippen LogP contribution < -0.4 is 14.9 Å². The van der Waals surface area contributed by atoms with Gasteiger partial charge in [-0.25, -0.2) is 9.48 Å². The molecule has 0 bridgehead atoms. The Labute approximate surface area is 239 Å². The van der Waals surface area contributed by atoms with Crippen molar-refractivity contribution in [3.05, 3.63) is 42.0 Å². The number of hydrogen-bond acceptors (Lipinski definition) is 9. The van der Waals surface area contributed by atoms with Gasteiger partial charge in [-0.15, -0.1) is 0 Å². The minimum Gasteiger partial charge on any atom is -0.462 e. The number of likely N-dealkylation sites (N-methyl/N-ethyl adjacent to an activating group) is 1. The normalized spacial score (nSPS) is 24.1. The molecule has 6 atom stereocenters. The van der Waals surface area contributed by atoms with E-state index in [4.69, 9.17) is 54.3 Å². The third-order valence-corrected chi connectivity index (χ3v) is 6.56. The number of carbonyl (C=O) groups is 2. The molecular weight excluding hydrogens is 545 g/mol. The zero-order valence-electron chi connectivity index (χ0n) is 22.4. The number of carbonyl (C=O) groups excluding carboxylic acids is 2. The Morgan fingerprint density at radius 3 is 2.41 bits per heavy atom. The van der Waals surface area contributed by atoms with Crippen LogP contribution >= 0.6 is 20.7 Å². The van der Waals surface area contributed by atoms with Gasteiger partial charge in [0.1, 0.15) is 41.4 Å². The molecule has 1 aromatic carbocycles. The summed E-state index contributed by atoms with van der Waals surface area (Å²) in [6.45, 7) is 6.41. The molecule has 39 heavy (non-hydrogen) atoms. The fraction of sp³-hybridized carbons (Fsp3) is 0.522. The molecule has 10 nitrogen and oxygen atoms in total. The molecule has 1 fully saturated rings. The molecule has 3 N–H and O–H groups in total. The number of ether oxygens (including phenoxy) is 2. The van der Waals surface area contributed by atoms with E-state index in [-0.39, 0.29) is 24.1 Å². The fourth-order valence-electron chi connectivity index (χ4n) is 2.98. The van der Waals surface area contributed by atoms with Crippen LogP contribution in [0.25, 0.3) is 0 Å². The molecule has 1 saturated heterocycles. The predicted molar refractivity (Wildman–Crippen MR) is 153 cm³/mol. The number of esters is 1. The first-order chi connectivity index (χ1) is 18.3. The van der Waals surface area contributed by atoms with E-state index in [0.29, 0.717) is 5.75 Å². The summed E-state index contributed by atoms with van der Waals surface area (Å²) in [5, 5.41) is 14.8. The molecule has 2 rings (SSSR count). The average Bonchev–Trinajstić information content (AvgIpc) is 3.09. The van der Waals surface area contributed by atoms with Crippen LogP contribution in [0.5, 0.6) is 5.75 Å². The van der Waals surface area contributed by atoms with Crippen LogP contribution in [-0.4, -0.2) is 101 Å². The van der Waals surface area contributed by atoms with E-state index >= 15 is 0 Å². The summed E-state index contributed by atoms with van der Waals surface area (Å²) in [6.07, 6.45) is -1.81. The number of halogens is 1. The zero-order chi connectivity index (χ0) is 29.8. The second kappa shape index (κ2) is 16.9. The summed E-state index contributed by atoms with van der Waals surface area (Å²) in [4.78, 5) is 24.1. The number of aliphatic hydroxyl groups excluding tert-OH is 1. The molecule has 1 aliphatic rings. The molecule has 0 spiro atoms. The summed E-state index contributed by atoms with van der Waals surface area (Å²) >= 11 is 4.73. The first-order valence-electron chi connectivity index (χ1n) is 11.8. The van der Waals surface area contributed by atoms with Crippen LogP contribution in [0.4, 0.5) is 4.39 Å². The van der Waals surface area contributed by atoms with E-state index in [9.17, 15) is 19.1 Å². The van der Waals surface area contributed by atoms with Crippen molar-refractivity contribution in [2.24, 2.45) is 0 Å². The standard InChI is InChI=1S/C13H19BNO4P.C10H13B2FN2O3S/c1-10(2)18-13(16)11(3)15-20(17-9-14)19-12-7-5-4-6-8-12;1-10(13)6(16)7(12)18-9(10)15(4-19)3-5(11)8(17)14-2/h4-8,10-11,15H,9H2,1-3H3;3-4,6-7,9,16H,1-2H3,(H,14,17)/b;5-3+. The fourth-order valence-corrected chi connectivity index (χ4v) is 4.20. The Morgan fingerprint density at radius 1 is 1.33 bits per heavy atom. The highest BCUT2D eigenvalue weighted by Crippen LogP contribution is 2.36. The lowest BCUT2D eigenvalue weighted by atomic mass is 9.88. The highest BCUT2D eigenvalue weighted by atomic mass is 32.1. The number of para-hydroxylation sites is 1. The van der Waals surface area contributed by atoms with Gasteiger partial charge in [0, 0.05) is 25.8 Å². The summed E-state index contributed by atoms with van der Waals surface area (Å²) in [6, 6.07) is 7.45. The second-order valence-corrected chi connectivity index (χ2v) is 9.98. The van der Waals surface area contributed by atoms with E-state index in [2.05, 4.69) is 10.4 Å². The molecule has 0 aliphatic carbocycles. The molecule has 1 heterocycles. The number of benzene rings is 1. The summed E-state index contributed by atoms with van der Waals surface area (Å²) < 4.78 is 35.5. The van der Waals surface area contributed by atoms with Crippen molar-refractivity contribution < 1.29 is 37.6 Å². The Morgan fingerprint density at radius 2 is 1.95 bits per heavy atom. The number of aliphatic hydroxyl groups is 1. The smallest absolute Gasteiger partial charge is 0.323 e. The Bertz CT molecular complexity index is 968. The van der Waals surface area contributed by atoms with Gasteiger partial charge < -0.3 is 33.8 Å². The van der Waals surface area contributed by atoms with Crippen molar-refractivity contribution in [2.45, 2.75) is 63.8 Å². The van der Waals surface area contributed by atoms with Gasteiger partial charge >= 0.3 is 14.5 Å². The molecule has 1 aliphatic heterocycles. The van der Waals surface area contributed by atoms with E-state index in [1.807, 2.05) is 18.2 Å². The van der Waals surface area contributed by atoms with E-state index < -0.39 is 44.5 Å². The molecule has 208 valence electrons. The number of hydrogen-bond donors (Lipinski definition) is 3. The lowest BCUT2D eigenvalue weighted by Gasteiger charge is -2.30. The Kier molecular flexibility index (Phi) is 15.2. The van der Waals surface area contributed by atoms with Gasteiger partial charge in [0.2, 0.25) is 5.91 Å². The first kappa shape index (κ1) is 35.0. The van der Waals surface area contributed by atoms with Crippen molar-refractivity contribution in [1.29, 1.82) is 0 Å². The number of thiocarbonyl (C=S) groups is 1. The Balaban J connectivity index is 0.000000391. The number of nitrogens with one attached hydrogen (secondary N) is 2. The number of rotatable bonds is 12. The van der Waals surface area contributed by atoms with Crippen LogP contribution in [0.3, 0.4) is 0 Å². The summed E-state index contributed by atoms with van der Waals surface area (Å²) in [5.41, 5.74) is -1.28. The monoisotopic (exact) mass is 577 g/mol. The summed E-state index contributed by atoms with van der Waals surface area (Å²) in [5.74, 6) is -0.265. The third-order valence-electron chi connectivity index (χ3n) is 4.96. The number of amides is 1. The lowest BCUT2D eigenvalue weighted by Crippen LogP contribution is -2.48. The average molecular weight is 577 g/mol. The third kappa shape index (κ3) is 11.2. The van der Waals surface area contributed by atoms with Crippen molar-refractivity contribution in [3.63, 3.8) is 0 Å². The van der Waals surface area contributed by atoms with Gasteiger partial charge in [0.25, 0.3) is 0 Å². The maximum atomic E-state index is 14.4. The highest BCUT2D eigenvalue weighted by Gasteiger charge is 2.53. The van der Waals surface area contributed by atoms with Crippen molar-refractivity contribution in [2.75, 3.05) is 13.6 Å². The molecule has 0 aromatic heterocycles. The Hall–Kier alpha value is -2.02. The van der Waals surface area contributed by atoms with E-state index in [1.165, 1.54) is 7.05 Å². The van der Waals surface area contributed by atoms with Gasteiger partial charge in [-0.05, 0) is 45.3 Å². The minimum absolute atomic E-state index is 0.00249. The summed E-state index contributed by atoms with van der Waals surface area (Å²) in [7, 11) is 16.2. The van der Waals surface area contributed by atoms with Gasteiger partial charge in [0.15, 0.2) is 11.9 Å². The largest absolute Gasteiger partial charge is 0.462 e. The molecule has 1 amide bonds. The van der Waals surface area contributed by atoms with Crippen molar-refractivity contribution >= 4 is 61.7 Å². The van der Waals surface area contributed by atoms with Crippen LogP contribution in [-0.2, 0) is 23.6 Å². The molecule has 6 radical (unpaired) electrons. The quantitative estimate of drug-likeness (QED) is 0.110. The van der Waals surface area contributed by atoms with Crippen LogP contribution in [0.2, 0.25) is 0 Å². The SMILES string of the molecule is [B]/C(=C/N(C=S)C1OC([B])C(O)C1(C)F)C(=O)NC.[B]COP(NC(C)C(=O)OC(C)C)Oc1ccccc1. The topological polar surface area (TPSA) is 119 Å². The van der Waals surface area contributed by atoms with Gasteiger partial charge in [-0.1, -0.05) is 30.4 Å². The predicted octanol–water partition coefficient (Wildman–Crippen LogP) is 1.31. The van der Waals surface area contributed by atoms with E-state index in [0.717, 1.165) is 23.5 Å². The zero-order valence-corrected chi connectivity index (χ0v) is 24.2. The lowest BCUT2D eigenvalue weighted by molar-refractivity contribution is -0.149. The van der Waals surface area contributed by atoms with Gasteiger partial charge in [-0.3, -0.25) is 9.59 Å². The maximum absolute atomic E-state index is 14.4. The number of nitrogens with zero attached hydrogens (tertiary/aromatic N) is 1. The highest BCUT2D eigenvalue weighted by molar-refractivity contribution is 7.78.